The van der Waals surface area contributed by atoms with Gasteiger partial charge in [0.05, 0.1) is 0 Å². The number of hydrogen-bond acceptors (Lipinski definition) is 2. The topological polar surface area (TPSA) is 20.3 Å². The highest BCUT2D eigenvalue weighted by Gasteiger charge is 2.41. The van der Waals surface area contributed by atoms with E-state index in [0.29, 0.717) is 6.04 Å². The van der Waals surface area contributed by atoms with E-state index in [1.165, 1.54) is 38.5 Å². The van der Waals surface area contributed by atoms with Crippen LogP contribution in [-0.2, 0) is 4.79 Å². The summed E-state index contributed by atoms with van der Waals surface area (Å²) in [6, 6.07) is 2.19. The van der Waals surface area contributed by atoms with Crippen molar-refractivity contribution in [2.24, 2.45) is 0 Å². The Hall–Kier alpha value is -0.370. The third-order valence-electron chi connectivity index (χ3n) is 3.92. The molecule has 2 aliphatic heterocycles. The minimum atomic E-state index is 0.580. The minimum absolute atomic E-state index is 0.580. The summed E-state index contributed by atoms with van der Waals surface area (Å²) >= 11 is 0. The molecule has 0 saturated carbocycles. The van der Waals surface area contributed by atoms with Crippen LogP contribution in [0.3, 0.4) is 0 Å². The maximum Gasteiger partial charge on any atom is 0.121 e. The molecule has 0 bridgehead atoms. The van der Waals surface area contributed by atoms with Crippen LogP contribution in [0.4, 0.5) is 0 Å². The molecule has 2 fully saturated rings. The van der Waals surface area contributed by atoms with Gasteiger partial charge >= 0.3 is 0 Å². The lowest BCUT2D eigenvalue weighted by molar-refractivity contribution is -0.108. The van der Waals surface area contributed by atoms with E-state index in [1.54, 1.807) is 0 Å². The average molecular weight is 195 g/mol. The van der Waals surface area contributed by atoms with Gasteiger partial charge in [0, 0.05) is 24.5 Å². The Labute approximate surface area is 86.7 Å². The van der Waals surface area contributed by atoms with Crippen LogP contribution in [0.2, 0.25) is 0 Å². The quantitative estimate of drug-likeness (QED) is 0.642. The van der Waals surface area contributed by atoms with E-state index in [1.807, 2.05) is 0 Å². The largest absolute Gasteiger partial charge is 0.303 e. The van der Waals surface area contributed by atoms with Crippen LogP contribution in [0.25, 0.3) is 0 Å². The highest BCUT2D eigenvalue weighted by atomic mass is 16.1. The maximum absolute atomic E-state index is 10.6. The van der Waals surface area contributed by atoms with Crippen molar-refractivity contribution in [3.8, 4) is 0 Å². The smallest absolute Gasteiger partial charge is 0.121 e. The van der Waals surface area contributed by atoms with Gasteiger partial charge in [0.2, 0.25) is 0 Å². The average Bonchev–Trinajstić information content (AvgIpc) is 2.72. The first-order chi connectivity index (χ1) is 6.86. The first-order valence-electron chi connectivity index (χ1n) is 6.08. The number of rotatable bonds is 4. The fraction of sp³-hybridized carbons (Fsp3) is 0.917. The molecule has 80 valence electrons. The second-order valence-corrected chi connectivity index (χ2v) is 4.75. The number of fused-ring (bicyclic) bond motifs is 1. The van der Waals surface area contributed by atoms with E-state index in [0.717, 1.165) is 24.8 Å². The molecule has 0 amide bonds. The van der Waals surface area contributed by atoms with Crippen LogP contribution in [-0.4, -0.2) is 29.3 Å². The highest BCUT2D eigenvalue weighted by Crippen LogP contribution is 2.39. The van der Waals surface area contributed by atoms with Crippen molar-refractivity contribution in [2.45, 2.75) is 70.0 Å². The van der Waals surface area contributed by atoms with Crippen LogP contribution >= 0.6 is 0 Å². The van der Waals surface area contributed by atoms with Gasteiger partial charge in [0.1, 0.15) is 6.29 Å². The van der Waals surface area contributed by atoms with Gasteiger partial charge in [0.25, 0.3) is 0 Å². The van der Waals surface area contributed by atoms with Crippen molar-refractivity contribution in [3.63, 3.8) is 0 Å². The summed E-state index contributed by atoms with van der Waals surface area (Å²) in [6.07, 6.45) is 9.80. The van der Waals surface area contributed by atoms with Crippen molar-refractivity contribution in [1.82, 2.24) is 4.90 Å². The molecule has 0 N–H and O–H groups in total. The van der Waals surface area contributed by atoms with Gasteiger partial charge in [-0.3, -0.25) is 4.90 Å². The van der Waals surface area contributed by atoms with Gasteiger partial charge < -0.3 is 4.79 Å². The zero-order valence-electron chi connectivity index (χ0n) is 9.11. The number of nitrogens with zero attached hydrogens (tertiary/aromatic N) is 1. The first-order valence-corrected chi connectivity index (χ1v) is 6.08. The first kappa shape index (κ1) is 10.2. The molecule has 2 heterocycles. The summed E-state index contributed by atoms with van der Waals surface area (Å²) in [6.45, 7) is 2.26. The van der Waals surface area contributed by atoms with Crippen molar-refractivity contribution in [2.75, 3.05) is 0 Å². The molecule has 0 aromatic heterocycles. The second kappa shape index (κ2) is 4.43. The molecule has 2 aliphatic rings. The Kier molecular flexibility index (Phi) is 3.22. The highest BCUT2D eigenvalue weighted by molar-refractivity contribution is 5.50. The van der Waals surface area contributed by atoms with Gasteiger partial charge in [-0.25, -0.2) is 0 Å². The number of aldehydes is 1. The molecule has 0 spiro atoms. The lowest BCUT2D eigenvalue weighted by Crippen LogP contribution is -2.38. The lowest BCUT2D eigenvalue weighted by Gasteiger charge is -2.29. The maximum atomic E-state index is 10.6. The van der Waals surface area contributed by atoms with Gasteiger partial charge in [-0.1, -0.05) is 13.3 Å². The van der Waals surface area contributed by atoms with E-state index >= 15 is 0 Å². The van der Waals surface area contributed by atoms with Crippen LogP contribution in [0.5, 0.6) is 0 Å². The van der Waals surface area contributed by atoms with E-state index in [-0.39, 0.29) is 0 Å². The van der Waals surface area contributed by atoms with E-state index in [9.17, 15) is 4.79 Å². The second-order valence-electron chi connectivity index (χ2n) is 4.75. The van der Waals surface area contributed by atoms with E-state index in [4.69, 9.17) is 0 Å². The summed E-state index contributed by atoms with van der Waals surface area (Å²) in [5, 5.41) is 0. The predicted octanol–water partition coefficient (Wildman–Crippen LogP) is 2.37. The fourth-order valence-electron chi connectivity index (χ4n) is 3.38. The van der Waals surface area contributed by atoms with Crippen LogP contribution in [0.15, 0.2) is 0 Å². The van der Waals surface area contributed by atoms with Crippen molar-refractivity contribution < 1.29 is 4.79 Å². The molecular weight excluding hydrogens is 174 g/mol. The summed E-state index contributed by atoms with van der Waals surface area (Å²) in [5.41, 5.74) is 0. The molecule has 0 aliphatic carbocycles. The van der Waals surface area contributed by atoms with E-state index in [2.05, 4.69) is 11.8 Å². The molecule has 2 saturated heterocycles. The molecule has 2 rings (SSSR count). The molecule has 3 atom stereocenters. The molecule has 0 radical (unpaired) electrons. The molecule has 0 aromatic carbocycles. The Morgan fingerprint density at radius 1 is 1.21 bits per heavy atom. The Morgan fingerprint density at radius 2 is 1.93 bits per heavy atom. The molecule has 0 unspecified atom stereocenters. The van der Waals surface area contributed by atoms with Crippen LogP contribution in [0, 0.1) is 0 Å². The molecule has 2 heteroatoms. The van der Waals surface area contributed by atoms with E-state index < -0.39 is 0 Å². The monoisotopic (exact) mass is 195 g/mol. The van der Waals surface area contributed by atoms with Crippen molar-refractivity contribution in [3.05, 3.63) is 0 Å². The third kappa shape index (κ3) is 1.72. The fourth-order valence-corrected chi connectivity index (χ4v) is 3.38. The van der Waals surface area contributed by atoms with Crippen molar-refractivity contribution >= 4 is 6.29 Å². The summed E-state index contributed by atoms with van der Waals surface area (Å²) in [4.78, 5) is 13.3. The summed E-state index contributed by atoms with van der Waals surface area (Å²) in [7, 11) is 0. The standard InChI is InChI=1S/C12H21NO/c1-2-3-10-4-5-11-6-7-12(8-9-14)13(10)11/h9-12H,2-8H2,1H3/t10-,11-,12+/m0/s1. The molecular formula is C12H21NO. The minimum Gasteiger partial charge on any atom is -0.303 e. The SMILES string of the molecule is CCC[C@H]1CC[C@H]2CC[C@H](CC=O)N21. The van der Waals surface area contributed by atoms with Gasteiger partial charge in [-0.15, -0.1) is 0 Å². The molecule has 14 heavy (non-hydrogen) atoms. The Balaban J connectivity index is 1.99. The zero-order valence-corrected chi connectivity index (χ0v) is 9.11. The van der Waals surface area contributed by atoms with Crippen LogP contribution < -0.4 is 0 Å². The number of carbonyl (C=O) groups is 1. The molecule has 2 nitrogen and oxygen atoms in total. The molecule has 0 aromatic rings. The summed E-state index contributed by atoms with van der Waals surface area (Å²) < 4.78 is 0. The Bertz CT molecular complexity index is 202. The predicted molar refractivity (Wildman–Crippen MR) is 57.3 cm³/mol. The van der Waals surface area contributed by atoms with Gasteiger partial charge in [-0.05, 0) is 32.1 Å². The third-order valence-corrected chi connectivity index (χ3v) is 3.92. The van der Waals surface area contributed by atoms with Gasteiger partial charge in [-0.2, -0.15) is 0 Å². The number of hydrogen-bond donors (Lipinski definition) is 0. The zero-order chi connectivity index (χ0) is 9.97. The number of carbonyl (C=O) groups excluding carboxylic acids is 1. The van der Waals surface area contributed by atoms with Crippen molar-refractivity contribution in [1.29, 1.82) is 0 Å². The van der Waals surface area contributed by atoms with Gasteiger partial charge in [0.15, 0.2) is 0 Å². The lowest BCUT2D eigenvalue weighted by atomic mass is 10.0. The van der Waals surface area contributed by atoms with Crippen LogP contribution in [0.1, 0.15) is 51.9 Å². The normalized spacial score (nSPS) is 37.4. The summed E-state index contributed by atoms with van der Waals surface area (Å²) in [5.74, 6) is 0. The Morgan fingerprint density at radius 3 is 2.57 bits per heavy atom.